The summed E-state index contributed by atoms with van der Waals surface area (Å²) in [5.41, 5.74) is 1.98. The third kappa shape index (κ3) is 1.79. The maximum Gasteiger partial charge on any atom is 0.151 e. The second-order valence-electron chi connectivity index (χ2n) is 4.19. The fourth-order valence-electron chi connectivity index (χ4n) is 2.24. The molecular weight excluding hydrogens is 200 g/mol. The van der Waals surface area contributed by atoms with Crippen LogP contribution in [0.25, 0.3) is 0 Å². The van der Waals surface area contributed by atoms with Crippen molar-refractivity contribution in [1.82, 2.24) is 0 Å². The molecular formula is C13H14N2O. The van der Waals surface area contributed by atoms with Gasteiger partial charge < -0.3 is 4.90 Å². The Morgan fingerprint density at radius 1 is 1.56 bits per heavy atom. The summed E-state index contributed by atoms with van der Waals surface area (Å²) in [6.45, 7) is 3.22. The molecule has 82 valence electrons. The molecule has 2 rings (SSSR count). The molecule has 1 aromatic carbocycles. The highest BCUT2D eigenvalue weighted by Crippen LogP contribution is 2.26. The van der Waals surface area contributed by atoms with Gasteiger partial charge in [-0.1, -0.05) is 0 Å². The first-order valence-electron chi connectivity index (χ1n) is 5.52. The minimum absolute atomic E-state index is 0.464. The van der Waals surface area contributed by atoms with Crippen LogP contribution >= 0.6 is 0 Å². The van der Waals surface area contributed by atoms with Crippen molar-refractivity contribution in [2.24, 2.45) is 0 Å². The van der Waals surface area contributed by atoms with Gasteiger partial charge in [0, 0.05) is 23.8 Å². The van der Waals surface area contributed by atoms with Gasteiger partial charge in [-0.2, -0.15) is 5.26 Å². The van der Waals surface area contributed by atoms with E-state index in [2.05, 4.69) is 17.9 Å². The quantitative estimate of drug-likeness (QED) is 0.710. The molecule has 0 bridgehead atoms. The van der Waals surface area contributed by atoms with Gasteiger partial charge >= 0.3 is 0 Å². The van der Waals surface area contributed by atoms with Crippen molar-refractivity contribution in [3.05, 3.63) is 29.3 Å². The van der Waals surface area contributed by atoms with E-state index in [4.69, 9.17) is 5.26 Å². The maximum atomic E-state index is 10.7. The van der Waals surface area contributed by atoms with Crippen LogP contribution in [0.4, 0.5) is 5.69 Å². The summed E-state index contributed by atoms with van der Waals surface area (Å²) in [5.74, 6) is 0. The number of rotatable bonds is 2. The molecule has 0 aromatic heterocycles. The number of aldehydes is 1. The van der Waals surface area contributed by atoms with Crippen molar-refractivity contribution in [1.29, 1.82) is 5.26 Å². The predicted molar refractivity (Wildman–Crippen MR) is 62.6 cm³/mol. The van der Waals surface area contributed by atoms with Gasteiger partial charge in [-0.3, -0.25) is 4.79 Å². The van der Waals surface area contributed by atoms with E-state index in [1.165, 1.54) is 12.8 Å². The van der Waals surface area contributed by atoms with Crippen LogP contribution in [0.1, 0.15) is 35.7 Å². The first-order valence-corrected chi connectivity index (χ1v) is 5.52. The first-order chi connectivity index (χ1) is 7.76. The smallest absolute Gasteiger partial charge is 0.151 e. The van der Waals surface area contributed by atoms with E-state index in [-0.39, 0.29) is 0 Å². The summed E-state index contributed by atoms with van der Waals surface area (Å²) >= 11 is 0. The van der Waals surface area contributed by atoms with Crippen molar-refractivity contribution in [3.8, 4) is 6.07 Å². The van der Waals surface area contributed by atoms with Gasteiger partial charge in [0.25, 0.3) is 0 Å². The lowest BCUT2D eigenvalue weighted by atomic mass is 10.1. The number of hydrogen-bond acceptors (Lipinski definition) is 3. The molecule has 16 heavy (non-hydrogen) atoms. The predicted octanol–water partition coefficient (Wildman–Crippen LogP) is 2.36. The SMILES string of the molecule is CC1CCCN1c1ccc(C=O)c(C#N)c1. The summed E-state index contributed by atoms with van der Waals surface area (Å²) in [4.78, 5) is 13.0. The summed E-state index contributed by atoms with van der Waals surface area (Å²) in [7, 11) is 0. The Morgan fingerprint density at radius 3 is 2.94 bits per heavy atom. The molecule has 3 heteroatoms. The van der Waals surface area contributed by atoms with Crippen molar-refractivity contribution < 1.29 is 4.79 Å². The highest BCUT2D eigenvalue weighted by atomic mass is 16.1. The third-order valence-corrected chi connectivity index (χ3v) is 3.17. The van der Waals surface area contributed by atoms with Crippen LogP contribution in [0.5, 0.6) is 0 Å². The minimum atomic E-state index is 0.464. The van der Waals surface area contributed by atoms with Crippen LogP contribution in [0.15, 0.2) is 18.2 Å². The summed E-state index contributed by atoms with van der Waals surface area (Å²) in [6, 6.07) is 8.05. The van der Waals surface area contributed by atoms with E-state index in [9.17, 15) is 4.79 Å². The number of anilines is 1. The highest BCUT2D eigenvalue weighted by molar-refractivity contribution is 5.80. The molecule has 0 aliphatic carbocycles. The minimum Gasteiger partial charge on any atom is -0.369 e. The van der Waals surface area contributed by atoms with Gasteiger partial charge in [-0.15, -0.1) is 0 Å². The number of carbonyl (C=O) groups excluding carboxylic acids is 1. The summed E-state index contributed by atoms with van der Waals surface area (Å²) in [6.07, 6.45) is 3.12. The fourth-order valence-corrected chi connectivity index (χ4v) is 2.24. The number of carbonyl (C=O) groups is 1. The zero-order valence-electron chi connectivity index (χ0n) is 9.31. The Morgan fingerprint density at radius 2 is 2.38 bits per heavy atom. The molecule has 0 saturated carbocycles. The van der Waals surface area contributed by atoms with Gasteiger partial charge in [0.05, 0.1) is 11.6 Å². The summed E-state index contributed by atoms with van der Waals surface area (Å²) in [5, 5.41) is 8.96. The van der Waals surface area contributed by atoms with E-state index in [1.807, 2.05) is 12.1 Å². The van der Waals surface area contributed by atoms with Crippen molar-refractivity contribution in [2.75, 3.05) is 11.4 Å². The van der Waals surface area contributed by atoms with E-state index >= 15 is 0 Å². The van der Waals surface area contributed by atoms with Crippen molar-refractivity contribution in [2.45, 2.75) is 25.8 Å². The standard InChI is InChI=1S/C13H14N2O/c1-10-3-2-6-15(10)13-5-4-11(9-16)12(7-13)8-14/h4-5,7,9-10H,2-3,6H2,1H3. The largest absolute Gasteiger partial charge is 0.369 e. The van der Waals surface area contributed by atoms with Gasteiger partial charge in [0.2, 0.25) is 0 Å². The first kappa shape index (κ1) is 10.7. The zero-order valence-corrected chi connectivity index (χ0v) is 9.31. The molecule has 1 fully saturated rings. The third-order valence-electron chi connectivity index (χ3n) is 3.17. The average Bonchev–Trinajstić information content (AvgIpc) is 2.74. The Bertz CT molecular complexity index is 448. The Labute approximate surface area is 95.3 Å². The Balaban J connectivity index is 2.36. The second-order valence-corrected chi connectivity index (χ2v) is 4.19. The van der Waals surface area contributed by atoms with Crippen LogP contribution in [0.3, 0.4) is 0 Å². The molecule has 1 saturated heterocycles. The molecule has 1 heterocycles. The number of benzene rings is 1. The van der Waals surface area contributed by atoms with Crippen LogP contribution in [-0.2, 0) is 0 Å². The number of hydrogen-bond donors (Lipinski definition) is 0. The highest BCUT2D eigenvalue weighted by Gasteiger charge is 2.20. The van der Waals surface area contributed by atoms with Crippen LogP contribution in [0, 0.1) is 11.3 Å². The van der Waals surface area contributed by atoms with E-state index in [0.717, 1.165) is 18.5 Å². The number of nitriles is 1. The normalized spacial score (nSPS) is 19.5. The zero-order chi connectivity index (χ0) is 11.5. The number of nitrogens with zero attached hydrogens (tertiary/aromatic N) is 2. The van der Waals surface area contributed by atoms with Crippen LogP contribution < -0.4 is 4.90 Å². The monoisotopic (exact) mass is 214 g/mol. The maximum absolute atomic E-state index is 10.7. The van der Waals surface area contributed by atoms with E-state index < -0.39 is 0 Å². The second kappa shape index (κ2) is 4.36. The molecule has 3 nitrogen and oxygen atoms in total. The molecule has 0 radical (unpaired) electrons. The average molecular weight is 214 g/mol. The van der Waals surface area contributed by atoms with Crippen molar-refractivity contribution in [3.63, 3.8) is 0 Å². The van der Waals surface area contributed by atoms with E-state index in [0.29, 0.717) is 17.2 Å². The van der Waals surface area contributed by atoms with E-state index in [1.54, 1.807) is 6.07 Å². The fraction of sp³-hybridized carbons (Fsp3) is 0.385. The van der Waals surface area contributed by atoms with Gasteiger partial charge in [-0.05, 0) is 38.0 Å². The Hall–Kier alpha value is -1.82. The van der Waals surface area contributed by atoms with Crippen molar-refractivity contribution >= 4 is 12.0 Å². The molecule has 0 spiro atoms. The molecule has 1 aromatic rings. The molecule has 1 aliphatic rings. The van der Waals surface area contributed by atoms with Crippen LogP contribution in [-0.4, -0.2) is 18.9 Å². The molecule has 1 unspecified atom stereocenters. The lowest BCUT2D eigenvalue weighted by Gasteiger charge is -2.24. The lowest BCUT2D eigenvalue weighted by molar-refractivity contribution is 0.112. The van der Waals surface area contributed by atoms with Gasteiger partial charge in [0.15, 0.2) is 6.29 Å². The van der Waals surface area contributed by atoms with Gasteiger partial charge in [-0.25, -0.2) is 0 Å². The lowest BCUT2D eigenvalue weighted by Crippen LogP contribution is -2.26. The topological polar surface area (TPSA) is 44.1 Å². The molecule has 0 amide bonds. The molecule has 1 atom stereocenters. The Kier molecular flexibility index (Phi) is 2.91. The molecule has 0 N–H and O–H groups in total. The van der Waals surface area contributed by atoms with Crippen LogP contribution in [0.2, 0.25) is 0 Å². The molecule has 1 aliphatic heterocycles. The summed E-state index contributed by atoms with van der Waals surface area (Å²) < 4.78 is 0. The van der Waals surface area contributed by atoms with Gasteiger partial charge in [0.1, 0.15) is 0 Å².